The Kier molecular flexibility index (Phi) is 4.33. The molecule has 5 nitrogen and oxygen atoms in total. The molecule has 1 N–H and O–H groups in total. The molecule has 0 saturated carbocycles. The molecule has 2 heterocycles. The lowest BCUT2D eigenvalue weighted by Crippen LogP contribution is -2.28. The normalized spacial score (nSPS) is 10.8. The van der Waals surface area contributed by atoms with Crippen molar-refractivity contribution in [2.24, 2.45) is 0 Å². The fourth-order valence-corrected chi connectivity index (χ4v) is 3.57. The lowest BCUT2D eigenvalue weighted by molar-refractivity contribution is -0.116. The molecule has 0 radical (unpaired) electrons. The Morgan fingerprint density at radius 1 is 1.04 bits per heavy atom. The first kappa shape index (κ1) is 16.2. The molecule has 1 amide bonds. The van der Waals surface area contributed by atoms with Gasteiger partial charge in [0.2, 0.25) is 5.91 Å². The number of anilines is 1. The van der Waals surface area contributed by atoms with Crippen LogP contribution < -0.4 is 10.9 Å². The zero-order chi connectivity index (χ0) is 17.9. The van der Waals surface area contributed by atoms with E-state index in [0.717, 1.165) is 16.1 Å². The highest BCUT2D eigenvalue weighted by molar-refractivity contribution is 7.13. The van der Waals surface area contributed by atoms with Crippen molar-refractivity contribution in [3.05, 3.63) is 82.7 Å². The van der Waals surface area contributed by atoms with Crippen LogP contribution in [-0.4, -0.2) is 15.5 Å². The summed E-state index contributed by atoms with van der Waals surface area (Å²) in [5, 5.41) is 5.40. The first-order valence-corrected chi connectivity index (χ1v) is 8.97. The van der Waals surface area contributed by atoms with E-state index in [9.17, 15) is 9.59 Å². The molecule has 6 heteroatoms. The molecular weight excluding hydrogens is 346 g/mol. The number of amides is 1. The summed E-state index contributed by atoms with van der Waals surface area (Å²) in [5.41, 5.74) is 2.08. The lowest BCUT2D eigenvalue weighted by atomic mass is 10.1. The van der Waals surface area contributed by atoms with E-state index in [1.54, 1.807) is 29.5 Å². The van der Waals surface area contributed by atoms with Gasteiger partial charge >= 0.3 is 0 Å². The van der Waals surface area contributed by atoms with Crippen LogP contribution in [0.15, 0.2) is 77.2 Å². The van der Waals surface area contributed by atoms with Gasteiger partial charge in [0.15, 0.2) is 0 Å². The molecule has 128 valence electrons. The molecule has 0 saturated heterocycles. The molecular formula is C20H15N3O2S. The van der Waals surface area contributed by atoms with E-state index in [0.29, 0.717) is 10.9 Å². The average molecular weight is 361 g/mol. The first-order valence-electron chi connectivity index (χ1n) is 8.09. The Bertz CT molecular complexity index is 1130. The summed E-state index contributed by atoms with van der Waals surface area (Å²) in [6.45, 7) is -0.0879. The van der Waals surface area contributed by atoms with Gasteiger partial charge in [0.05, 0.1) is 17.2 Å². The van der Waals surface area contributed by atoms with Gasteiger partial charge in [0, 0.05) is 16.1 Å². The van der Waals surface area contributed by atoms with Gasteiger partial charge in [-0.15, -0.1) is 11.3 Å². The van der Waals surface area contributed by atoms with E-state index in [-0.39, 0.29) is 18.0 Å². The van der Waals surface area contributed by atoms with Crippen molar-refractivity contribution < 1.29 is 4.79 Å². The monoisotopic (exact) mass is 361 g/mol. The third-order valence-corrected chi connectivity index (χ3v) is 4.94. The summed E-state index contributed by atoms with van der Waals surface area (Å²) in [6.07, 6.45) is 1.41. The Balaban J connectivity index is 1.59. The van der Waals surface area contributed by atoms with Crippen molar-refractivity contribution in [3.63, 3.8) is 0 Å². The van der Waals surface area contributed by atoms with E-state index < -0.39 is 0 Å². The van der Waals surface area contributed by atoms with Crippen LogP contribution in [0.4, 0.5) is 5.69 Å². The maximum Gasteiger partial charge on any atom is 0.261 e. The second-order valence-corrected chi connectivity index (χ2v) is 6.71. The quantitative estimate of drug-likeness (QED) is 0.602. The molecule has 0 fully saturated rings. The molecule has 2 aromatic carbocycles. The van der Waals surface area contributed by atoms with Crippen LogP contribution in [0, 0.1) is 0 Å². The van der Waals surface area contributed by atoms with Gasteiger partial charge < -0.3 is 5.32 Å². The number of para-hydroxylation sites is 2. The minimum atomic E-state index is -0.270. The zero-order valence-electron chi connectivity index (χ0n) is 13.8. The van der Waals surface area contributed by atoms with E-state index >= 15 is 0 Å². The SMILES string of the molecule is O=C(Cn1cnc2ccccc2c1=O)Nc1ccccc1-c1cccs1. The number of hydrogen-bond donors (Lipinski definition) is 1. The molecule has 0 unspecified atom stereocenters. The molecule has 26 heavy (non-hydrogen) atoms. The van der Waals surface area contributed by atoms with Gasteiger partial charge in [-0.05, 0) is 29.6 Å². The highest BCUT2D eigenvalue weighted by Gasteiger charge is 2.11. The van der Waals surface area contributed by atoms with Crippen LogP contribution in [0.5, 0.6) is 0 Å². The highest BCUT2D eigenvalue weighted by atomic mass is 32.1. The second kappa shape index (κ2) is 6.93. The molecule has 0 aliphatic carbocycles. The molecule has 0 bridgehead atoms. The van der Waals surface area contributed by atoms with Crippen molar-refractivity contribution in [1.82, 2.24) is 9.55 Å². The predicted molar refractivity (Wildman–Crippen MR) is 104 cm³/mol. The predicted octanol–water partition coefficient (Wildman–Crippen LogP) is 3.76. The van der Waals surface area contributed by atoms with Crippen LogP contribution >= 0.6 is 11.3 Å². The van der Waals surface area contributed by atoms with Gasteiger partial charge in [0.1, 0.15) is 6.54 Å². The van der Waals surface area contributed by atoms with E-state index in [4.69, 9.17) is 0 Å². The van der Waals surface area contributed by atoms with E-state index in [2.05, 4.69) is 10.3 Å². The van der Waals surface area contributed by atoms with Crippen molar-refractivity contribution in [2.75, 3.05) is 5.32 Å². The Hall–Kier alpha value is -3.25. The third kappa shape index (κ3) is 3.14. The molecule has 0 atom stereocenters. The number of nitrogens with zero attached hydrogens (tertiary/aromatic N) is 2. The van der Waals surface area contributed by atoms with Crippen molar-refractivity contribution in [1.29, 1.82) is 0 Å². The van der Waals surface area contributed by atoms with Crippen molar-refractivity contribution in [3.8, 4) is 10.4 Å². The second-order valence-electron chi connectivity index (χ2n) is 5.77. The number of aromatic nitrogens is 2. The zero-order valence-corrected chi connectivity index (χ0v) is 14.6. The summed E-state index contributed by atoms with van der Waals surface area (Å²) in [5.74, 6) is -0.270. The summed E-state index contributed by atoms with van der Waals surface area (Å²) in [4.78, 5) is 30.3. The van der Waals surface area contributed by atoms with Gasteiger partial charge in [-0.2, -0.15) is 0 Å². The maximum absolute atomic E-state index is 12.5. The Labute approximate surface area is 153 Å². The fraction of sp³-hybridized carbons (Fsp3) is 0.0500. The summed E-state index contributed by atoms with van der Waals surface area (Å²) in [6, 6.07) is 18.7. The largest absolute Gasteiger partial charge is 0.324 e. The number of fused-ring (bicyclic) bond motifs is 1. The first-order chi connectivity index (χ1) is 12.7. The standard InChI is InChI=1S/C20H15N3O2S/c24-19(12-23-13-21-16-8-3-2-7-15(16)20(23)25)22-17-9-4-1-6-14(17)18-10-5-11-26-18/h1-11,13H,12H2,(H,22,24). The summed E-state index contributed by atoms with van der Waals surface area (Å²) in [7, 11) is 0. The van der Waals surface area contributed by atoms with E-state index in [1.807, 2.05) is 47.8 Å². The number of rotatable bonds is 4. The number of carbonyl (C=O) groups is 1. The van der Waals surface area contributed by atoms with Crippen LogP contribution in [0.3, 0.4) is 0 Å². The van der Waals surface area contributed by atoms with Gasteiger partial charge in [-0.1, -0.05) is 36.4 Å². The third-order valence-electron chi connectivity index (χ3n) is 4.03. The Morgan fingerprint density at radius 3 is 2.69 bits per heavy atom. The number of hydrogen-bond acceptors (Lipinski definition) is 4. The molecule has 0 aliphatic rings. The number of carbonyl (C=O) groups excluding carboxylic acids is 1. The lowest BCUT2D eigenvalue weighted by Gasteiger charge is -2.11. The molecule has 4 rings (SSSR count). The summed E-state index contributed by atoms with van der Waals surface area (Å²) < 4.78 is 1.32. The molecule has 4 aromatic rings. The van der Waals surface area contributed by atoms with Crippen molar-refractivity contribution >= 4 is 33.8 Å². The topological polar surface area (TPSA) is 64.0 Å². The number of thiophene rings is 1. The number of benzene rings is 2. The fourth-order valence-electron chi connectivity index (χ4n) is 2.80. The average Bonchev–Trinajstić information content (AvgIpc) is 3.19. The maximum atomic E-state index is 12.5. The van der Waals surface area contributed by atoms with Crippen LogP contribution in [0.2, 0.25) is 0 Å². The molecule has 0 aliphatic heterocycles. The van der Waals surface area contributed by atoms with Crippen LogP contribution in [0.1, 0.15) is 0 Å². The van der Waals surface area contributed by atoms with Gasteiger partial charge in [-0.25, -0.2) is 4.98 Å². The molecule has 2 aromatic heterocycles. The minimum absolute atomic E-state index is 0.0879. The van der Waals surface area contributed by atoms with Crippen LogP contribution in [-0.2, 0) is 11.3 Å². The minimum Gasteiger partial charge on any atom is -0.324 e. The Morgan fingerprint density at radius 2 is 1.85 bits per heavy atom. The van der Waals surface area contributed by atoms with Gasteiger partial charge in [-0.3, -0.25) is 14.2 Å². The van der Waals surface area contributed by atoms with E-state index in [1.165, 1.54) is 10.9 Å². The van der Waals surface area contributed by atoms with Crippen LogP contribution in [0.25, 0.3) is 21.3 Å². The van der Waals surface area contributed by atoms with Gasteiger partial charge in [0.25, 0.3) is 5.56 Å². The smallest absolute Gasteiger partial charge is 0.261 e. The highest BCUT2D eigenvalue weighted by Crippen LogP contribution is 2.31. The van der Waals surface area contributed by atoms with Crippen molar-refractivity contribution in [2.45, 2.75) is 6.54 Å². The summed E-state index contributed by atoms with van der Waals surface area (Å²) >= 11 is 1.61. The molecule has 0 spiro atoms. The number of nitrogens with one attached hydrogen (secondary N) is 1.